The van der Waals surface area contributed by atoms with Crippen LogP contribution >= 0.6 is 7.82 Å². The molecule has 0 saturated heterocycles. The monoisotopic (exact) mass is 940 g/mol. The summed E-state index contributed by atoms with van der Waals surface area (Å²) in [4.78, 5) is 23.2. The zero-order valence-corrected chi connectivity index (χ0v) is 44.9. The molecule has 9 heteroatoms. The number of aliphatic hydroxyl groups is 1. The molecule has 0 radical (unpaired) electrons. The maximum absolute atomic E-state index is 12.9. The van der Waals surface area contributed by atoms with E-state index in [0.29, 0.717) is 17.4 Å². The van der Waals surface area contributed by atoms with Crippen LogP contribution in [-0.2, 0) is 18.4 Å². The summed E-state index contributed by atoms with van der Waals surface area (Å²) in [5.41, 5.74) is 0. The van der Waals surface area contributed by atoms with Gasteiger partial charge >= 0.3 is 7.82 Å². The fourth-order valence-corrected chi connectivity index (χ4v) is 9.21. The number of carbonyl (C=O) groups is 1. The Morgan fingerprint density at radius 1 is 0.508 bits per heavy atom. The molecule has 3 unspecified atom stereocenters. The van der Waals surface area contributed by atoms with Crippen molar-refractivity contribution >= 4 is 13.7 Å². The van der Waals surface area contributed by atoms with E-state index in [1.54, 1.807) is 6.08 Å². The Kier molecular flexibility index (Phi) is 47.3. The Balaban J connectivity index is 4.23. The molecule has 65 heavy (non-hydrogen) atoms. The van der Waals surface area contributed by atoms with E-state index < -0.39 is 20.0 Å². The van der Waals surface area contributed by atoms with Gasteiger partial charge in [-0.25, -0.2) is 4.57 Å². The number of amides is 1. The average Bonchev–Trinajstić information content (AvgIpc) is 3.26. The normalized spacial score (nSPS) is 14.1. The number of hydrogen-bond acceptors (Lipinski definition) is 5. The Labute approximate surface area is 404 Å². The van der Waals surface area contributed by atoms with Crippen LogP contribution in [-0.4, -0.2) is 73.4 Å². The van der Waals surface area contributed by atoms with Crippen molar-refractivity contribution < 1.29 is 32.9 Å². The Bertz CT molecular complexity index is 1110. The number of nitrogens with one attached hydrogen (secondary N) is 1. The molecule has 0 aliphatic rings. The second-order valence-corrected chi connectivity index (χ2v) is 22.1. The van der Waals surface area contributed by atoms with Gasteiger partial charge in [-0.1, -0.05) is 263 Å². The lowest BCUT2D eigenvalue weighted by molar-refractivity contribution is -0.870. The highest BCUT2D eigenvalue weighted by molar-refractivity contribution is 7.47. The molecule has 8 nitrogen and oxygen atoms in total. The van der Waals surface area contributed by atoms with Gasteiger partial charge in [0, 0.05) is 6.42 Å². The maximum atomic E-state index is 12.9. The smallest absolute Gasteiger partial charge is 0.387 e. The summed E-state index contributed by atoms with van der Waals surface area (Å²) >= 11 is 0. The minimum atomic E-state index is -4.35. The number of unbranched alkanes of at least 4 members (excludes halogenated alkanes) is 37. The predicted molar refractivity (Wildman–Crippen MR) is 281 cm³/mol. The van der Waals surface area contributed by atoms with Crippen LogP contribution in [0.2, 0.25) is 0 Å². The fourth-order valence-electron chi connectivity index (χ4n) is 8.47. The number of likely N-dealkylation sites (N-methyl/N-ethyl adjacent to an activating group) is 1. The molecule has 0 aliphatic carbocycles. The first-order valence-electron chi connectivity index (χ1n) is 28.2. The lowest BCUT2D eigenvalue weighted by Gasteiger charge is -2.25. The lowest BCUT2D eigenvalue weighted by atomic mass is 10.0. The Hall–Kier alpha value is -1.02. The van der Waals surface area contributed by atoms with E-state index in [1.165, 1.54) is 218 Å². The van der Waals surface area contributed by atoms with Gasteiger partial charge in [-0.15, -0.1) is 0 Å². The van der Waals surface area contributed by atoms with Crippen LogP contribution in [0, 0.1) is 0 Å². The first-order valence-corrected chi connectivity index (χ1v) is 29.7. The third-order valence-corrected chi connectivity index (χ3v) is 13.9. The molecule has 3 atom stereocenters. The minimum absolute atomic E-state index is 0.0587. The Morgan fingerprint density at radius 2 is 0.846 bits per heavy atom. The van der Waals surface area contributed by atoms with Crippen LogP contribution in [0.4, 0.5) is 0 Å². The molecule has 0 aromatic rings. The third kappa shape index (κ3) is 50.7. The van der Waals surface area contributed by atoms with E-state index in [2.05, 4.69) is 31.3 Å². The number of phosphoric acid groups is 1. The third-order valence-electron chi connectivity index (χ3n) is 12.9. The molecule has 0 aliphatic heterocycles. The fraction of sp³-hybridized carbons (Fsp3) is 0.911. The lowest BCUT2D eigenvalue weighted by Crippen LogP contribution is -2.45. The highest BCUT2D eigenvalue weighted by Crippen LogP contribution is 2.43. The summed E-state index contributed by atoms with van der Waals surface area (Å²) in [6.07, 6.45) is 59.9. The van der Waals surface area contributed by atoms with Crippen LogP contribution < -0.4 is 5.32 Å². The number of phosphoric ester groups is 1. The maximum Gasteiger partial charge on any atom is 0.472 e. The summed E-state index contributed by atoms with van der Waals surface area (Å²) in [7, 11) is 1.57. The number of hydrogen-bond donors (Lipinski definition) is 3. The standard InChI is InChI=1S/C56H111N2O6P/c1-6-8-10-12-14-16-18-20-22-24-25-26-27-28-29-30-31-32-34-35-37-39-41-43-45-47-49-55(59)54(53-64-65(61,62)63-52-51-58(3,4)5)57-56(60)50-48-46-44-42-40-38-36-33-23-21-19-17-15-13-11-9-7-2/h39,41,47,49,54-55,59H,6-38,40,42-46,48,50-53H2,1-5H3,(H-,57,60,61,62)/p+1/b41-39+,49-47+. The highest BCUT2D eigenvalue weighted by Gasteiger charge is 2.27. The molecular formula is C56H112N2O6P+. The van der Waals surface area contributed by atoms with Gasteiger partial charge in [0.05, 0.1) is 39.9 Å². The first kappa shape index (κ1) is 64.0. The Morgan fingerprint density at radius 3 is 1.23 bits per heavy atom. The van der Waals surface area contributed by atoms with Crippen LogP contribution in [0.5, 0.6) is 0 Å². The largest absolute Gasteiger partial charge is 0.472 e. The van der Waals surface area contributed by atoms with Crippen molar-refractivity contribution in [3.63, 3.8) is 0 Å². The van der Waals surface area contributed by atoms with Gasteiger partial charge in [-0.3, -0.25) is 13.8 Å². The zero-order valence-electron chi connectivity index (χ0n) is 44.0. The molecule has 0 aromatic heterocycles. The van der Waals surface area contributed by atoms with Gasteiger partial charge in [-0.05, 0) is 32.1 Å². The van der Waals surface area contributed by atoms with Crippen molar-refractivity contribution in [2.45, 2.75) is 289 Å². The van der Waals surface area contributed by atoms with Gasteiger partial charge < -0.3 is 19.8 Å². The van der Waals surface area contributed by atoms with Crippen molar-refractivity contribution in [2.75, 3.05) is 40.9 Å². The van der Waals surface area contributed by atoms with Crippen molar-refractivity contribution in [3.8, 4) is 0 Å². The highest BCUT2D eigenvalue weighted by atomic mass is 31.2. The van der Waals surface area contributed by atoms with E-state index in [1.807, 2.05) is 27.2 Å². The second-order valence-electron chi connectivity index (χ2n) is 20.7. The van der Waals surface area contributed by atoms with Crippen molar-refractivity contribution in [3.05, 3.63) is 24.3 Å². The second kappa shape index (κ2) is 48.0. The van der Waals surface area contributed by atoms with Crippen LogP contribution in [0.1, 0.15) is 277 Å². The quantitative estimate of drug-likeness (QED) is 0.0243. The van der Waals surface area contributed by atoms with Gasteiger partial charge in [0.25, 0.3) is 0 Å². The van der Waals surface area contributed by atoms with Crippen LogP contribution in [0.3, 0.4) is 0 Å². The summed E-state index contributed by atoms with van der Waals surface area (Å²) in [5.74, 6) is -0.182. The molecule has 0 bridgehead atoms. The molecule has 0 rings (SSSR count). The predicted octanol–water partition coefficient (Wildman–Crippen LogP) is 16.8. The molecule has 0 saturated carbocycles. The molecule has 386 valence electrons. The molecule has 0 fully saturated rings. The van der Waals surface area contributed by atoms with E-state index in [9.17, 15) is 19.4 Å². The van der Waals surface area contributed by atoms with Gasteiger partial charge in [0.1, 0.15) is 13.2 Å². The average molecular weight is 940 g/mol. The summed E-state index contributed by atoms with van der Waals surface area (Å²) in [6.45, 7) is 4.84. The number of allylic oxidation sites excluding steroid dienone is 3. The summed E-state index contributed by atoms with van der Waals surface area (Å²) < 4.78 is 23.7. The van der Waals surface area contributed by atoms with E-state index in [0.717, 1.165) is 38.5 Å². The molecule has 0 heterocycles. The summed E-state index contributed by atoms with van der Waals surface area (Å²) in [6, 6.07) is -0.859. The van der Waals surface area contributed by atoms with Gasteiger partial charge in [0.15, 0.2) is 0 Å². The van der Waals surface area contributed by atoms with Gasteiger partial charge in [0.2, 0.25) is 5.91 Å². The number of nitrogens with zero attached hydrogens (tertiary/aromatic N) is 1. The molecule has 0 spiro atoms. The van der Waals surface area contributed by atoms with Gasteiger partial charge in [-0.2, -0.15) is 0 Å². The van der Waals surface area contributed by atoms with Crippen LogP contribution in [0.25, 0.3) is 0 Å². The number of quaternary nitrogens is 1. The van der Waals surface area contributed by atoms with Crippen LogP contribution in [0.15, 0.2) is 24.3 Å². The summed E-state index contributed by atoms with van der Waals surface area (Å²) in [5, 5.41) is 13.9. The minimum Gasteiger partial charge on any atom is -0.387 e. The van der Waals surface area contributed by atoms with Crippen molar-refractivity contribution in [2.24, 2.45) is 0 Å². The number of aliphatic hydroxyl groups excluding tert-OH is 1. The van der Waals surface area contributed by atoms with E-state index in [-0.39, 0.29) is 19.1 Å². The molecule has 3 N–H and O–H groups in total. The number of carbonyl (C=O) groups excluding carboxylic acids is 1. The first-order chi connectivity index (χ1) is 31.5. The molecular weight excluding hydrogens is 828 g/mol. The topological polar surface area (TPSA) is 105 Å². The number of rotatable bonds is 52. The van der Waals surface area contributed by atoms with Crippen molar-refractivity contribution in [1.29, 1.82) is 0 Å². The molecule has 1 amide bonds. The van der Waals surface area contributed by atoms with E-state index in [4.69, 9.17) is 9.05 Å². The van der Waals surface area contributed by atoms with Crippen molar-refractivity contribution in [1.82, 2.24) is 5.32 Å². The SMILES string of the molecule is CCCCCCCCCCCCCCCCCCCCCC/C=C/CC/C=C/C(O)C(COP(=O)(O)OCC[N+](C)(C)C)NC(=O)CCCCCCCCCCCCCCCCCCC. The van der Waals surface area contributed by atoms with E-state index >= 15 is 0 Å². The zero-order chi connectivity index (χ0) is 47.8. The molecule has 0 aromatic carbocycles.